The van der Waals surface area contributed by atoms with Crippen molar-refractivity contribution in [2.24, 2.45) is 0 Å². The molecule has 0 aliphatic carbocycles. The van der Waals surface area contributed by atoms with Gasteiger partial charge in [0.25, 0.3) is 0 Å². The minimum absolute atomic E-state index is 0.476. The summed E-state index contributed by atoms with van der Waals surface area (Å²) in [7, 11) is 0. The molecule has 2 aromatic rings. The quantitative estimate of drug-likeness (QED) is 0.859. The van der Waals surface area contributed by atoms with Crippen LogP contribution in [-0.2, 0) is 6.54 Å². The van der Waals surface area contributed by atoms with E-state index in [2.05, 4.69) is 16.4 Å². The third-order valence-electron chi connectivity index (χ3n) is 2.54. The van der Waals surface area contributed by atoms with Crippen molar-refractivity contribution >= 4 is 11.3 Å². The number of rotatable bonds is 5. The summed E-state index contributed by atoms with van der Waals surface area (Å²) in [5.74, 6) is 0. The lowest BCUT2D eigenvalue weighted by Crippen LogP contribution is -2.20. The van der Waals surface area contributed by atoms with Crippen LogP contribution in [-0.4, -0.2) is 16.6 Å². The number of aliphatic hydroxyl groups is 1. The monoisotopic (exact) mass is 259 g/mol. The van der Waals surface area contributed by atoms with Crippen LogP contribution in [0, 0.1) is 11.3 Å². The lowest BCUT2D eigenvalue weighted by Gasteiger charge is -2.11. The minimum Gasteiger partial charge on any atom is -0.387 e. The molecule has 1 aromatic carbocycles. The molecule has 1 unspecified atom stereocenters. The molecule has 2 rings (SSSR count). The zero-order valence-corrected chi connectivity index (χ0v) is 10.5. The number of aliphatic hydroxyl groups excluding tert-OH is 1. The third-order valence-corrected chi connectivity index (χ3v) is 3.32. The summed E-state index contributed by atoms with van der Waals surface area (Å²) in [6.07, 6.45) is 1.25. The number of nitrogens with one attached hydrogen (secondary N) is 1. The first-order valence-corrected chi connectivity index (χ1v) is 6.44. The van der Waals surface area contributed by atoms with E-state index in [1.54, 1.807) is 41.1 Å². The van der Waals surface area contributed by atoms with Gasteiger partial charge in [-0.1, -0.05) is 12.1 Å². The van der Waals surface area contributed by atoms with E-state index in [1.807, 2.05) is 6.20 Å². The van der Waals surface area contributed by atoms with Crippen molar-refractivity contribution in [2.45, 2.75) is 12.6 Å². The van der Waals surface area contributed by atoms with Crippen LogP contribution in [0.2, 0.25) is 0 Å². The molecule has 92 valence electrons. The predicted molar refractivity (Wildman–Crippen MR) is 69.9 cm³/mol. The third kappa shape index (κ3) is 3.37. The molecule has 0 amide bonds. The molecule has 0 aliphatic heterocycles. The second kappa shape index (κ2) is 6.26. The fourth-order valence-electron chi connectivity index (χ4n) is 1.56. The van der Waals surface area contributed by atoms with Gasteiger partial charge in [-0.25, -0.2) is 0 Å². The van der Waals surface area contributed by atoms with Gasteiger partial charge < -0.3 is 10.4 Å². The molecule has 4 nitrogen and oxygen atoms in total. The normalized spacial score (nSPS) is 12.0. The van der Waals surface area contributed by atoms with Gasteiger partial charge in [0.05, 0.1) is 23.2 Å². The Morgan fingerprint density at radius 2 is 2.17 bits per heavy atom. The molecule has 18 heavy (non-hydrogen) atoms. The highest BCUT2D eigenvalue weighted by Crippen LogP contribution is 2.13. The van der Waals surface area contributed by atoms with Gasteiger partial charge in [-0.2, -0.15) is 5.26 Å². The summed E-state index contributed by atoms with van der Waals surface area (Å²) in [6, 6.07) is 9.02. The van der Waals surface area contributed by atoms with Crippen LogP contribution in [0.5, 0.6) is 0 Å². The first-order valence-electron chi connectivity index (χ1n) is 5.56. The van der Waals surface area contributed by atoms with Gasteiger partial charge in [-0.15, -0.1) is 11.3 Å². The Morgan fingerprint density at radius 1 is 1.39 bits per heavy atom. The van der Waals surface area contributed by atoms with E-state index in [0.29, 0.717) is 18.7 Å². The van der Waals surface area contributed by atoms with E-state index < -0.39 is 6.10 Å². The largest absolute Gasteiger partial charge is 0.387 e. The van der Waals surface area contributed by atoms with Crippen LogP contribution in [0.15, 0.2) is 36.0 Å². The van der Waals surface area contributed by atoms with Crippen LogP contribution in [0.1, 0.15) is 22.1 Å². The van der Waals surface area contributed by atoms with E-state index in [1.165, 1.54) is 0 Å². The maximum absolute atomic E-state index is 9.96. The van der Waals surface area contributed by atoms with E-state index in [0.717, 1.165) is 10.4 Å². The molecule has 0 aliphatic rings. The van der Waals surface area contributed by atoms with Crippen molar-refractivity contribution in [3.63, 3.8) is 0 Å². The highest BCUT2D eigenvalue weighted by molar-refractivity contribution is 7.09. The average Bonchev–Trinajstić information content (AvgIpc) is 2.92. The fraction of sp³-hybridized carbons (Fsp3) is 0.231. The molecule has 0 spiro atoms. The lowest BCUT2D eigenvalue weighted by atomic mass is 10.1. The Kier molecular flexibility index (Phi) is 4.42. The summed E-state index contributed by atoms with van der Waals surface area (Å²) in [5.41, 5.74) is 3.20. The first-order chi connectivity index (χ1) is 8.79. The minimum atomic E-state index is -0.564. The summed E-state index contributed by atoms with van der Waals surface area (Å²) < 4.78 is 0. The smallest absolute Gasteiger partial charge is 0.0991 e. The molecule has 1 atom stereocenters. The Morgan fingerprint density at radius 3 is 2.78 bits per heavy atom. The molecule has 0 radical (unpaired) electrons. The Bertz CT molecular complexity index is 516. The Labute approximate surface area is 110 Å². The van der Waals surface area contributed by atoms with Gasteiger partial charge >= 0.3 is 0 Å². The molecule has 0 saturated heterocycles. The first kappa shape index (κ1) is 12.7. The lowest BCUT2D eigenvalue weighted by molar-refractivity contribution is 0.174. The van der Waals surface area contributed by atoms with Crippen molar-refractivity contribution in [3.8, 4) is 6.07 Å². The number of hydrogen-bond donors (Lipinski definition) is 2. The standard InChI is InChI=1S/C13H13N3OS/c14-5-10-1-3-11(4-2-10)13(17)8-15-6-12-7-16-9-18-12/h1-4,7,9,13,15,17H,6,8H2. The van der Waals surface area contributed by atoms with Crippen LogP contribution in [0.4, 0.5) is 0 Å². The molecule has 0 fully saturated rings. The molecule has 0 bridgehead atoms. The van der Waals surface area contributed by atoms with E-state index >= 15 is 0 Å². The Hall–Kier alpha value is -1.74. The maximum atomic E-state index is 9.96. The molecule has 2 N–H and O–H groups in total. The Balaban J connectivity index is 1.83. The van der Waals surface area contributed by atoms with Crippen molar-refractivity contribution in [1.82, 2.24) is 10.3 Å². The molecule has 0 saturated carbocycles. The van der Waals surface area contributed by atoms with Crippen molar-refractivity contribution in [2.75, 3.05) is 6.54 Å². The number of hydrogen-bond acceptors (Lipinski definition) is 5. The van der Waals surface area contributed by atoms with Crippen LogP contribution in [0.3, 0.4) is 0 Å². The summed E-state index contributed by atoms with van der Waals surface area (Å²) in [5, 5.41) is 21.8. The summed E-state index contributed by atoms with van der Waals surface area (Å²) >= 11 is 1.58. The highest BCUT2D eigenvalue weighted by Gasteiger charge is 2.07. The topological polar surface area (TPSA) is 68.9 Å². The molecular weight excluding hydrogens is 246 g/mol. The van der Waals surface area contributed by atoms with Gasteiger partial charge in [-0.05, 0) is 17.7 Å². The molecule has 1 aromatic heterocycles. The SMILES string of the molecule is N#Cc1ccc(C(O)CNCc2cncs2)cc1. The van der Waals surface area contributed by atoms with E-state index in [-0.39, 0.29) is 0 Å². The van der Waals surface area contributed by atoms with Gasteiger partial charge in [0, 0.05) is 24.2 Å². The zero-order chi connectivity index (χ0) is 12.8. The number of thiazole rings is 1. The number of nitriles is 1. The number of nitrogens with zero attached hydrogens (tertiary/aromatic N) is 2. The fourth-order valence-corrected chi connectivity index (χ4v) is 2.12. The second-order valence-corrected chi connectivity index (χ2v) is 4.82. The molecular formula is C13H13N3OS. The molecule has 5 heteroatoms. The van der Waals surface area contributed by atoms with Crippen LogP contribution >= 0.6 is 11.3 Å². The van der Waals surface area contributed by atoms with Crippen LogP contribution < -0.4 is 5.32 Å². The van der Waals surface area contributed by atoms with Crippen molar-refractivity contribution in [3.05, 3.63) is 52.0 Å². The van der Waals surface area contributed by atoms with Crippen LogP contribution in [0.25, 0.3) is 0 Å². The van der Waals surface area contributed by atoms with E-state index in [4.69, 9.17) is 5.26 Å². The summed E-state index contributed by atoms with van der Waals surface area (Å²) in [6.45, 7) is 1.18. The van der Waals surface area contributed by atoms with Gasteiger partial charge in [0.1, 0.15) is 0 Å². The van der Waals surface area contributed by atoms with Crippen molar-refractivity contribution < 1.29 is 5.11 Å². The zero-order valence-electron chi connectivity index (χ0n) is 9.71. The molecule has 1 heterocycles. The maximum Gasteiger partial charge on any atom is 0.0991 e. The van der Waals surface area contributed by atoms with Crippen molar-refractivity contribution in [1.29, 1.82) is 5.26 Å². The second-order valence-electron chi connectivity index (χ2n) is 3.85. The van der Waals surface area contributed by atoms with Gasteiger partial charge in [-0.3, -0.25) is 4.98 Å². The van der Waals surface area contributed by atoms with Gasteiger partial charge in [0.2, 0.25) is 0 Å². The number of benzene rings is 1. The number of aromatic nitrogens is 1. The van der Waals surface area contributed by atoms with E-state index in [9.17, 15) is 5.11 Å². The average molecular weight is 259 g/mol. The predicted octanol–water partition coefficient (Wildman–Crippen LogP) is 1.84. The van der Waals surface area contributed by atoms with Gasteiger partial charge in [0.15, 0.2) is 0 Å². The summed E-state index contributed by atoms with van der Waals surface area (Å²) in [4.78, 5) is 5.12. The highest BCUT2D eigenvalue weighted by atomic mass is 32.1.